The van der Waals surface area contributed by atoms with Crippen LogP contribution in [0, 0.1) is 0 Å². The van der Waals surface area contributed by atoms with Crippen LogP contribution in [0.5, 0.6) is 0 Å². The fourth-order valence-corrected chi connectivity index (χ4v) is 6.58. The van der Waals surface area contributed by atoms with Crippen molar-refractivity contribution in [3.05, 3.63) is 0 Å². The maximum atomic E-state index is 10.4. The average molecular weight is 712 g/mol. The van der Waals surface area contributed by atoms with Crippen molar-refractivity contribution in [2.75, 3.05) is 13.2 Å². The van der Waals surface area contributed by atoms with Crippen LogP contribution in [0.2, 0.25) is 0 Å². The fraction of sp³-hybridized carbons (Fsp3) is 1.00. The van der Waals surface area contributed by atoms with Gasteiger partial charge in [-0.25, -0.2) is 0 Å². The van der Waals surface area contributed by atoms with Gasteiger partial charge in [0.2, 0.25) is 0 Å². The quantitative estimate of drug-likeness (QED) is 0.131. The molecule has 6 unspecified atom stereocenters. The molecule has 0 aliphatic rings. The van der Waals surface area contributed by atoms with Gasteiger partial charge in [0.1, 0.15) is 0 Å². The fourth-order valence-electron chi connectivity index (χ4n) is 2.19. The third-order valence-corrected chi connectivity index (χ3v) is 9.75. The van der Waals surface area contributed by atoms with Crippen molar-refractivity contribution in [3.8, 4) is 0 Å². The van der Waals surface area contributed by atoms with E-state index in [1.54, 1.807) is 13.8 Å². The summed E-state index contributed by atoms with van der Waals surface area (Å²) in [7, 11) is -7.00. The molecule has 252 valence electrons. The molecule has 0 heterocycles. The number of rotatable bonds is 18. The van der Waals surface area contributed by atoms with Crippen LogP contribution >= 0.6 is 0 Å². The van der Waals surface area contributed by atoms with Crippen LogP contribution in [-0.4, -0.2) is 87.7 Å². The van der Waals surface area contributed by atoms with E-state index in [0.717, 1.165) is 38.5 Å². The topological polar surface area (TPSA) is 136 Å². The van der Waals surface area contributed by atoms with E-state index in [1.165, 1.54) is 0 Å². The van der Waals surface area contributed by atoms with Gasteiger partial charge in [0.25, 0.3) is 0 Å². The standard InChI is InChI=1S/2C12H28O4Si.2C2H6O.Zr/c2*1-7-10(4)14-17(13,15-11(5)8-2)16-12(6)9-3;2*1-2-3;/h2*10-13H,7-9H2,1-6H3;2*3H,2H2,1H3;. The SMILES string of the molecule is CCC(C)O[Si](O)(OC(C)CC)OC(C)CC.CCC(C)O[Si](O)(OC(C)CC)OC(C)CC.CCO.CCO.[Zr]. The molecule has 13 heteroatoms. The molecule has 0 aromatic rings. The Labute approximate surface area is 274 Å². The summed E-state index contributed by atoms with van der Waals surface area (Å²) in [6.45, 7) is 27.4. The summed E-state index contributed by atoms with van der Waals surface area (Å²) in [5.74, 6) is 0. The molecule has 41 heavy (non-hydrogen) atoms. The summed E-state index contributed by atoms with van der Waals surface area (Å²) < 4.78 is 33.5. The molecule has 0 radical (unpaired) electrons. The Kier molecular flexibility index (Phi) is 40.6. The second-order valence-electron chi connectivity index (χ2n) is 9.70. The van der Waals surface area contributed by atoms with E-state index in [-0.39, 0.29) is 76.0 Å². The van der Waals surface area contributed by atoms with Gasteiger partial charge in [-0.1, -0.05) is 41.5 Å². The van der Waals surface area contributed by atoms with Gasteiger partial charge < -0.3 is 46.4 Å². The van der Waals surface area contributed by atoms with Crippen LogP contribution in [0.15, 0.2) is 0 Å². The summed E-state index contributed by atoms with van der Waals surface area (Å²) in [6.07, 6.45) is 4.60. The zero-order valence-electron chi connectivity index (χ0n) is 28.9. The van der Waals surface area contributed by atoms with E-state index in [1.807, 2.05) is 83.1 Å². The minimum Gasteiger partial charge on any atom is -0.397 e. The monoisotopic (exact) mass is 710 g/mol. The first kappa shape index (κ1) is 51.5. The van der Waals surface area contributed by atoms with Gasteiger partial charge in [-0.3, -0.25) is 0 Å². The molecule has 10 nitrogen and oxygen atoms in total. The van der Waals surface area contributed by atoms with E-state index < -0.39 is 18.1 Å². The molecule has 0 aromatic carbocycles. The summed E-state index contributed by atoms with van der Waals surface area (Å²) in [6, 6.07) is 0. The third-order valence-electron chi connectivity index (χ3n) is 5.55. The molecule has 0 fully saturated rings. The van der Waals surface area contributed by atoms with Crippen molar-refractivity contribution >= 4 is 18.1 Å². The molecule has 0 spiro atoms. The Bertz CT molecular complexity index is 420. The molecule has 0 saturated heterocycles. The molecule has 0 saturated carbocycles. The van der Waals surface area contributed by atoms with Crippen molar-refractivity contribution in [2.45, 2.75) is 172 Å². The number of hydrogen-bond donors (Lipinski definition) is 4. The van der Waals surface area contributed by atoms with Crippen LogP contribution in [0.25, 0.3) is 0 Å². The Morgan fingerprint density at radius 1 is 0.390 bits per heavy atom. The number of aliphatic hydroxyl groups is 2. The molecule has 0 rings (SSSR count). The van der Waals surface area contributed by atoms with Crippen LogP contribution in [0.3, 0.4) is 0 Å². The first-order valence-electron chi connectivity index (χ1n) is 15.3. The molecule has 0 amide bonds. The Balaban J connectivity index is -0.000000173. The second-order valence-corrected chi connectivity index (χ2v) is 13.2. The summed E-state index contributed by atoms with van der Waals surface area (Å²) in [5.41, 5.74) is 0. The maximum Gasteiger partial charge on any atom is 0.677 e. The second kappa shape index (κ2) is 32.3. The van der Waals surface area contributed by atoms with Crippen LogP contribution < -0.4 is 0 Å². The van der Waals surface area contributed by atoms with Gasteiger partial charge in [0.05, 0.1) is 0 Å². The zero-order chi connectivity index (χ0) is 32.4. The first-order valence-corrected chi connectivity index (χ1v) is 18.6. The molecule has 0 aromatic heterocycles. The number of hydrogen-bond acceptors (Lipinski definition) is 10. The van der Waals surface area contributed by atoms with Crippen molar-refractivity contribution in [2.24, 2.45) is 0 Å². The Hall–Kier alpha value is 0.917. The normalized spacial score (nSPS) is 18.0. The van der Waals surface area contributed by atoms with Gasteiger partial charge in [0, 0.05) is 76.0 Å². The van der Waals surface area contributed by atoms with Gasteiger partial charge in [0.15, 0.2) is 0 Å². The van der Waals surface area contributed by atoms with E-state index in [0.29, 0.717) is 0 Å². The zero-order valence-corrected chi connectivity index (χ0v) is 33.3. The van der Waals surface area contributed by atoms with Crippen molar-refractivity contribution in [1.82, 2.24) is 0 Å². The van der Waals surface area contributed by atoms with Crippen LogP contribution in [0.4, 0.5) is 0 Å². The van der Waals surface area contributed by atoms with Crippen LogP contribution in [-0.2, 0) is 52.8 Å². The molecule has 6 atom stereocenters. The van der Waals surface area contributed by atoms with E-state index in [9.17, 15) is 9.59 Å². The molecule has 0 aliphatic carbocycles. The van der Waals surface area contributed by atoms with Crippen molar-refractivity contribution in [3.63, 3.8) is 0 Å². The van der Waals surface area contributed by atoms with E-state index in [2.05, 4.69) is 0 Å². The molecule has 0 aliphatic heterocycles. The van der Waals surface area contributed by atoms with E-state index in [4.69, 9.17) is 36.8 Å². The van der Waals surface area contributed by atoms with Crippen molar-refractivity contribution < 1.29 is 72.6 Å². The minimum atomic E-state index is -3.50. The van der Waals surface area contributed by atoms with Gasteiger partial charge in [-0.05, 0) is 93.9 Å². The van der Waals surface area contributed by atoms with Gasteiger partial charge in [-0.2, -0.15) is 0 Å². The molecular formula is C28H68O10Si2Zr. The summed E-state index contributed by atoms with van der Waals surface area (Å²) >= 11 is 0. The van der Waals surface area contributed by atoms with Gasteiger partial charge >= 0.3 is 18.1 Å². The molecule has 0 bridgehead atoms. The summed E-state index contributed by atoms with van der Waals surface area (Å²) in [5, 5.41) is 15.1. The Morgan fingerprint density at radius 2 is 0.488 bits per heavy atom. The molecular weight excluding hydrogens is 644 g/mol. The average Bonchev–Trinajstić information content (AvgIpc) is 2.88. The van der Waals surface area contributed by atoms with Crippen molar-refractivity contribution in [1.29, 1.82) is 0 Å². The largest absolute Gasteiger partial charge is 0.677 e. The molecule has 4 N–H and O–H groups in total. The smallest absolute Gasteiger partial charge is 0.397 e. The predicted octanol–water partition coefficient (Wildman–Crippen LogP) is 5.71. The van der Waals surface area contributed by atoms with Crippen LogP contribution in [0.1, 0.15) is 135 Å². The van der Waals surface area contributed by atoms with Gasteiger partial charge in [-0.15, -0.1) is 0 Å². The maximum absolute atomic E-state index is 10.4. The minimum absolute atomic E-state index is 0. The predicted molar refractivity (Wildman–Crippen MR) is 166 cm³/mol. The first-order chi connectivity index (χ1) is 18.6. The summed E-state index contributed by atoms with van der Waals surface area (Å²) in [4.78, 5) is 20.8. The number of aliphatic hydroxyl groups excluding tert-OH is 2. The Morgan fingerprint density at radius 3 is 0.561 bits per heavy atom. The third kappa shape index (κ3) is 33.6. The van der Waals surface area contributed by atoms with E-state index >= 15 is 0 Å².